The first-order chi connectivity index (χ1) is 12.3. The maximum atomic E-state index is 3.65. The molecule has 0 aromatic heterocycles. The summed E-state index contributed by atoms with van der Waals surface area (Å²) in [4.78, 5) is 0. The van der Waals surface area contributed by atoms with Gasteiger partial charge < -0.3 is 10.6 Å². The van der Waals surface area contributed by atoms with Gasteiger partial charge in [-0.3, -0.25) is 0 Å². The van der Waals surface area contributed by atoms with E-state index in [1.807, 2.05) is 0 Å². The second-order valence-corrected chi connectivity index (χ2v) is 9.19. The number of nitrogens with one attached hydrogen (secondary N) is 2. The zero-order valence-electron chi connectivity index (χ0n) is 15.7. The van der Waals surface area contributed by atoms with Crippen LogP contribution in [0, 0.1) is 7.14 Å². The zero-order valence-corrected chi connectivity index (χ0v) is 17.8. The van der Waals surface area contributed by atoms with E-state index in [1.54, 1.807) is 0 Å². The van der Waals surface area contributed by atoms with E-state index in [1.165, 1.54) is 57.0 Å². The molecule has 0 bridgehead atoms. The van der Waals surface area contributed by atoms with Crippen molar-refractivity contribution in [1.82, 2.24) is 0 Å². The van der Waals surface area contributed by atoms with Crippen LogP contribution in [0.15, 0.2) is 48.5 Å². The molecule has 0 unspecified atom stereocenters. The standard InChI is InChI=1S/C22H32IN2/c1-3-5-11-17-24-21-15-9-7-13-19(21)23-20-14-8-10-16-22(20)25-18-12-6-4-2/h7-10,13-16,24-25H,3-6,11-12,17-18H2,1-2H3/q+1. The monoisotopic (exact) mass is 451 g/mol. The first kappa shape index (κ1) is 20.1. The van der Waals surface area contributed by atoms with Crippen molar-refractivity contribution in [3.05, 3.63) is 55.7 Å². The molecular formula is C22H32IN2+. The quantitative estimate of drug-likeness (QED) is 0.383. The Morgan fingerprint density at radius 3 is 1.52 bits per heavy atom. The summed E-state index contributed by atoms with van der Waals surface area (Å²) in [7, 11) is 0. The number of halogens is 1. The Kier molecular flexibility index (Phi) is 9.78. The normalized spacial score (nSPS) is 10.6. The molecule has 0 radical (unpaired) electrons. The number of para-hydroxylation sites is 2. The summed E-state index contributed by atoms with van der Waals surface area (Å²) in [6.45, 7) is 6.66. The molecule has 0 atom stereocenters. The molecule has 2 N–H and O–H groups in total. The first-order valence-corrected chi connectivity index (χ1v) is 11.8. The summed E-state index contributed by atoms with van der Waals surface area (Å²) in [5, 5.41) is 7.31. The molecule has 0 spiro atoms. The lowest BCUT2D eigenvalue weighted by Gasteiger charge is -2.07. The molecule has 0 fully saturated rings. The minimum Gasteiger partial charge on any atom is -0.381 e. The molecule has 0 saturated heterocycles. The smallest absolute Gasteiger partial charge is 0.362 e. The highest BCUT2D eigenvalue weighted by Crippen LogP contribution is 2.09. The Hall–Kier alpha value is -1.23. The van der Waals surface area contributed by atoms with Gasteiger partial charge in [-0.25, -0.2) is 0 Å². The van der Waals surface area contributed by atoms with Crippen molar-refractivity contribution < 1.29 is 21.2 Å². The molecule has 2 aromatic carbocycles. The molecule has 3 heteroatoms. The van der Waals surface area contributed by atoms with Gasteiger partial charge in [-0.15, -0.1) is 0 Å². The van der Waals surface area contributed by atoms with Crippen molar-refractivity contribution in [2.24, 2.45) is 0 Å². The average molecular weight is 451 g/mol. The van der Waals surface area contributed by atoms with E-state index in [9.17, 15) is 0 Å². The Labute approximate surface area is 164 Å². The van der Waals surface area contributed by atoms with Gasteiger partial charge in [-0.2, -0.15) is 0 Å². The summed E-state index contributed by atoms with van der Waals surface area (Å²) in [5.74, 6) is 0. The summed E-state index contributed by atoms with van der Waals surface area (Å²) < 4.78 is 2.97. The molecule has 2 rings (SSSR count). The number of anilines is 2. The van der Waals surface area contributed by atoms with E-state index in [2.05, 4.69) is 73.0 Å². The van der Waals surface area contributed by atoms with Crippen molar-refractivity contribution >= 4 is 11.4 Å². The minimum atomic E-state index is -0.192. The van der Waals surface area contributed by atoms with E-state index in [4.69, 9.17) is 0 Å². The van der Waals surface area contributed by atoms with Crippen molar-refractivity contribution in [2.45, 2.75) is 52.4 Å². The lowest BCUT2D eigenvalue weighted by Crippen LogP contribution is -3.61. The van der Waals surface area contributed by atoms with Crippen LogP contribution in [0.5, 0.6) is 0 Å². The maximum Gasteiger partial charge on any atom is 0.362 e. The molecule has 136 valence electrons. The third-order valence-corrected chi connectivity index (χ3v) is 7.19. The third kappa shape index (κ3) is 7.27. The molecule has 0 aliphatic rings. The molecule has 0 saturated carbocycles. The third-order valence-electron chi connectivity index (χ3n) is 4.14. The molecule has 2 aromatic rings. The van der Waals surface area contributed by atoms with Gasteiger partial charge in [-0.1, -0.05) is 63.8 Å². The van der Waals surface area contributed by atoms with Crippen molar-refractivity contribution in [1.29, 1.82) is 0 Å². The minimum absolute atomic E-state index is 0.192. The molecular weight excluding hydrogens is 419 g/mol. The van der Waals surface area contributed by atoms with Crippen LogP contribution in [0.1, 0.15) is 52.4 Å². The van der Waals surface area contributed by atoms with Gasteiger partial charge in [0.1, 0.15) is 0 Å². The zero-order chi connectivity index (χ0) is 17.7. The van der Waals surface area contributed by atoms with Crippen LogP contribution in [-0.2, 0) is 0 Å². The Morgan fingerprint density at radius 1 is 0.640 bits per heavy atom. The molecule has 0 heterocycles. The largest absolute Gasteiger partial charge is 0.381 e. The summed E-state index contributed by atoms with van der Waals surface area (Å²) in [6, 6.07) is 17.7. The van der Waals surface area contributed by atoms with E-state index in [0.29, 0.717) is 0 Å². The molecule has 0 aliphatic heterocycles. The number of benzene rings is 2. The van der Waals surface area contributed by atoms with Crippen LogP contribution in [0.2, 0.25) is 0 Å². The van der Waals surface area contributed by atoms with E-state index in [0.717, 1.165) is 13.1 Å². The van der Waals surface area contributed by atoms with Crippen LogP contribution in [0.3, 0.4) is 0 Å². The van der Waals surface area contributed by atoms with Crippen molar-refractivity contribution in [3.8, 4) is 0 Å². The van der Waals surface area contributed by atoms with Gasteiger partial charge in [-0.05, 0) is 37.1 Å². The van der Waals surface area contributed by atoms with Gasteiger partial charge in [0.2, 0.25) is 7.14 Å². The van der Waals surface area contributed by atoms with Gasteiger partial charge in [0.05, 0.1) is 11.4 Å². The molecule has 25 heavy (non-hydrogen) atoms. The van der Waals surface area contributed by atoms with E-state index >= 15 is 0 Å². The van der Waals surface area contributed by atoms with E-state index < -0.39 is 0 Å². The molecule has 0 aliphatic carbocycles. The number of hydrogen-bond acceptors (Lipinski definition) is 2. The van der Waals surface area contributed by atoms with Crippen LogP contribution >= 0.6 is 0 Å². The lowest BCUT2D eigenvalue weighted by molar-refractivity contribution is -0.595. The van der Waals surface area contributed by atoms with Gasteiger partial charge in [0.15, 0.2) is 0 Å². The lowest BCUT2D eigenvalue weighted by atomic mass is 10.2. The summed E-state index contributed by atoms with van der Waals surface area (Å²) in [5.41, 5.74) is 2.65. The van der Waals surface area contributed by atoms with Gasteiger partial charge in [0, 0.05) is 13.1 Å². The van der Waals surface area contributed by atoms with Crippen molar-refractivity contribution in [3.63, 3.8) is 0 Å². The highest BCUT2D eigenvalue weighted by Gasteiger charge is 2.22. The predicted octanol–water partition coefficient (Wildman–Crippen LogP) is 3.02. The fraction of sp³-hybridized carbons (Fsp3) is 0.455. The van der Waals surface area contributed by atoms with E-state index in [-0.39, 0.29) is 21.2 Å². The first-order valence-electron chi connectivity index (χ1n) is 9.65. The van der Waals surface area contributed by atoms with Crippen LogP contribution in [0.4, 0.5) is 11.4 Å². The average Bonchev–Trinajstić information content (AvgIpc) is 2.65. The fourth-order valence-electron chi connectivity index (χ4n) is 2.68. The molecule has 2 nitrogen and oxygen atoms in total. The predicted molar refractivity (Wildman–Crippen MR) is 106 cm³/mol. The summed E-state index contributed by atoms with van der Waals surface area (Å²) >= 11 is -0.192. The Morgan fingerprint density at radius 2 is 1.08 bits per heavy atom. The SMILES string of the molecule is CCCCCNc1ccccc1[I+]c1ccccc1NCCCCC. The number of hydrogen-bond donors (Lipinski definition) is 2. The maximum absolute atomic E-state index is 3.65. The Bertz CT molecular complexity index is 559. The van der Waals surface area contributed by atoms with Crippen LogP contribution in [0.25, 0.3) is 0 Å². The van der Waals surface area contributed by atoms with Crippen LogP contribution in [-0.4, -0.2) is 13.1 Å². The molecule has 0 amide bonds. The second-order valence-electron chi connectivity index (χ2n) is 6.32. The second kappa shape index (κ2) is 12.2. The summed E-state index contributed by atoms with van der Waals surface area (Å²) in [6.07, 6.45) is 7.64. The van der Waals surface area contributed by atoms with Crippen molar-refractivity contribution in [2.75, 3.05) is 23.7 Å². The van der Waals surface area contributed by atoms with Gasteiger partial charge in [0.25, 0.3) is 0 Å². The highest BCUT2D eigenvalue weighted by atomic mass is 127. The Balaban J connectivity index is 2.01. The topological polar surface area (TPSA) is 24.1 Å². The number of unbranched alkanes of at least 4 members (excludes halogenated alkanes) is 4. The van der Waals surface area contributed by atoms with Crippen LogP contribution < -0.4 is 31.8 Å². The highest BCUT2D eigenvalue weighted by molar-refractivity contribution is 5.44. The number of rotatable bonds is 12. The van der Waals surface area contributed by atoms with Gasteiger partial charge >= 0.3 is 21.2 Å². The fourth-order valence-corrected chi connectivity index (χ4v) is 5.40.